The van der Waals surface area contributed by atoms with E-state index in [1.54, 1.807) is 0 Å². The van der Waals surface area contributed by atoms with Gasteiger partial charge in [0.25, 0.3) is 0 Å². The third-order valence-corrected chi connectivity index (χ3v) is 3.92. The Bertz CT molecular complexity index is 816. The van der Waals surface area contributed by atoms with Crippen molar-refractivity contribution in [2.75, 3.05) is 10.6 Å². The van der Waals surface area contributed by atoms with Crippen molar-refractivity contribution < 1.29 is 0 Å². The zero-order valence-electron chi connectivity index (χ0n) is 11.4. The number of anilines is 2. The monoisotopic (exact) mass is 270 g/mol. The molecule has 0 aromatic heterocycles. The first-order valence-corrected chi connectivity index (χ1v) is 6.96. The molecule has 0 radical (unpaired) electrons. The minimum atomic E-state index is 0.0531. The van der Waals surface area contributed by atoms with Gasteiger partial charge in [0.1, 0.15) is 6.17 Å². The summed E-state index contributed by atoms with van der Waals surface area (Å²) in [5.41, 5.74) is 4.39. The van der Waals surface area contributed by atoms with E-state index in [-0.39, 0.29) is 6.17 Å². The molecule has 3 aromatic carbocycles. The zero-order chi connectivity index (χ0) is 14.2. The number of hydrogen-bond donors (Lipinski definition) is 2. The van der Waals surface area contributed by atoms with E-state index in [2.05, 4.69) is 65.1 Å². The summed E-state index contributed by atoms with van der Waals surface area (Å²) in [5.74, 6) is 2.65. The van der Waals surface area contributed by atoms with Crippen LogP contribution in [0.2, 0.25) is 0 Å². The maximum atomic E-state index is 5.41. The van der Waals surface area contributed by atoms with E-state index < -0.39 is 0 Å². The lowest BCUT2D eigenvalue weighted by Crippen LogP contribution is -2.23. The van der Waals surface area contributed by atoms with Gasteiger partial charge in [-0.25, -0.2) is 0 Å². The Labute approximate surface area is 123 Å². The van der Waals surface area contributed by atoms with Gasteiger partial charge in [-0.1, -0.05) is 42.3 Å². The van der Waals surface area contributed by atoms with Crippen LogP contribution in [0.5, 0.6) is 0 Å². The largest absolute Gasteiger partial charge is 0.361 e. The summed E-state index contributed by atoms with van der Waals surface area (Å²) >= 11 is 0. The van der Waals surface area contributed by atoms with Gasteiger partial charge in [-0.15, -0.1) is 6.42 Å². The van der Waals surface area contributed by atoms with Crippen LogP contribution >= 0.6 is 0 Å². The van der Waals surface area contributed by atoms with Crippen LogP contribution in [0.15, 0.2) is 60.7 Å². The molecular formula is C19H14N2. The Morgan fingerprint density at radius 3 is 2.00 bits per heavy atom. The third-order valence-electron chi connectivity index (χ3n) is 3.92. The van der Waals surface area contributed by atoms with Crippen LogP contribution in [-0.4, -0.2) is 0 Å². The average Bonchev–Trinajstić information content (AvgIpc) is 2.55. The molecule has 0 amide bonds. The van der Waals surface area contributed by atoms with Gasteiger partial charge in [0.15, 0.2) is 0 Å². The molecule has 0 atom stereocenters. The summed E-state index contributed by atoms with van der Waals surface area (Å²) < 4.78 is 0. The van der Waals surface area contributed by atoms with E-state index in [0.29, 0.717) is 0 Å². The van der Waals surface area contributed by atoms with Crippen molar-refractivity contribution in [3.05, 3.63) is 71.8 Å². The third kappa shape index (κ3) is 1.91. The van der Waals surface area contributed by atoms with Gasteiger partial charge in [0.2, 0.25) is 0 Å². The average molecular weight is 270 g/mol. The molecule has 2 N–H and O–H groups in total. The van der Waals surface area contributed by atoms with Crippen LogP contribution in [0.4, 0.5) is 11.4 Å². The van der Waals surface area contributed by atoms with Gasteiger partial charge < -0.3 is 10.6 Å². The predicted molar refractivity (Wildman–Crippen MR) is 88.3 cm³/mol. The molecule has 0 bridgehead atoms. The maximum Gasteiger partial charge on any atom is 0.123 e. The topological polar surface area (TPSA) is 24.1 Å². The maximum absolute atomic E-state index is 5.41. The summed E-state index contributed by atoms with van der Waals surface area (Å²) in [6.07, 6.45) is 5.46. The van der Waals surface area contributed by atoms with Gasteiger partial charge in [-0.05, 0) is 35.2 Å². The number of rotatable bonds is 1. The highest BCUT2D eigenvalue weighted by Gasteiger charge is 2.19. The molecule has 0 unspecified atom stereocenters. The molecule has 1 aliphatic heterocycles. The van der Waals surface area contributed by atoms with Crippen molar-refractivity contribution >= 4 is 22.1 Å². The molecule has 3 aromatic rings. The van der Waals surface area contributed by atoms with Crippen molar-refractivity contribution in [2.24, 2.45) is 0 Å². The minimum Gasteiger partial charge on any atom is -0.361 e. The molecule has 21 heavy (non-hydrogen) atoms. The lowest BCUT2D eigenvalue weighted by Gasteiger charge is -2.29. The predicted octanol–water partition coefficient (Wildman–Crippen LogP) is 4.36. The molecule has 0 spiro atoms. The zero-order valence-corrected chi connectivity index (χ0v) is 11.4. The first-order valence-electron chi connectivity index (χ1n) is 6.96. The van der Waals surface area contributed by atoms with Gasteiger partial charge >= 0.3 is 0 Å². The van der Waals surface area contributed by atoms with E-state index in [1.165, 1.54) is 16.3 Å². The summed E-state index contributed by atoms with van der Waals surface area (Å²) in [6.45, 7) is 0. The summed E-state index contributed by atoms with van der Waals surface area (Å²) in [5, 5.41) is 9.59. The summed E-state index contributed by atoms with van der Waals surface area (Å²) in [7, 11) is 0. The first-order chi connectivity index (χ1) is 10.3. The molecule has 0 aliphatic carbocycles. The Hall–Kier alpha value is -2.92. The first kappa shape index (κ1) is 11.9. The SMILES string of the molecule is C#Cc1ccc(C2Nc3cccc4cccc(c34)N2)cc1. The standard InChI is InChI=1S/C19H14N2/c1-2-13-9-11-15(12-10-13)19-20-16-7-3-5-14-6-4-8-17(21-19)18(14)16/h1,3-12,19-21H. The van der Waals surface area contributed by atoms with Crippen LogP contribution in [-0.2, 0) is 0 Å². The van der Waals surface area contributed by atoms with Crippen molar-refractivity contribution in [1.29, 1.82) is 0 Å². The second-order valence-corrected chi connectivity index (χ2v) is 5.20. The normalized spacial score (nSPS) is 13.3. The van der Waals surface area contributed by atoms with Crippen LogP contribution in [0.1, 0.15) is 17.3 Å². The van der Waals surface area contributed by atoms with Crippen molar-refractivity contribution in [1.82, 2.24) is 0 Å². The molecular weight excluding hydrogens is 256 g/mol. The van der Waals surface area contributed by atoms with Crippen LogP contribution in [0, 0.1) is 12.3 Å². The molecule has 2 heteroatoms. The van der Waals surface area contributed by atoms with E-state index >= 15 is 0 Å². The second kappa shape index (κ2) is 4.57. The van der Waals surface area contributed by atoms with Crippen molar-refractivity contribution in [3.63, 3.8) is 0 Å². The number of nitrogens with one attached hydrogen (secondary N) is 2. The second-order valence-electron chi connectivity index (χ2n) is 5.20. The Morgan fingerprint density at radius 2 is 1.43 bits per heavy atom. The van der Waals surface area contributed by atoms with E-state index in [4.69, 9.17) is 6.42 Å². The lowest BCUT2D eigenvalue weighted by molar-refractivity contribution is 0.897. The Morgan fingerprint density at radius 1 is 0.810 bits per heavy atom. The molecule has 2 nitrogen and oxygen atoms in total. The molecule has 1 heterocycles. The number of benzene rings is 3. The van der Waals surface area contributed by atoms with Crippen LogP contribution in [0.3, 0.4) is 0 Å². The number of hydrogen-bond acceptors (Lipinski definition) is 2. The fourth-order valence-electron chi connectivity index (χ4n) is 2.87. The number of terminal acetylenes is 1. The van der Waals surface area contributed by atoms with E-state index in [1.807, 2.05) is 12.1 Å². The van der Waals surface area contributed by atoms with Gasteiger partial charge in [-0.3, -0.25) is 0 Å². The van der Waals surface area contributed by atoms with Crippen LogP contribution < -0.4 is 10.6 Å². The fourth-order valence-corrected chi connectivity index (χ4v) is 2.87. The smallest absolute Gasteiger partial charge is 0.123 e. The molecule has 0 saturated heterocycles. The fraction of sp³-hybridized carbons (Fsp3) is 0.0526. The molecule has 0 fully saturated rings. The minimum absolute atomic E-state index is 0.0531. The van der Waals surface area contributed by atoms with Gasteiger partial charge in [-0.2, -0.15) is 0 Å². The highest BCUT2D eigenvalue weighted by Crippen LogP contribution is 2.38. The van der Waals surface area contributed by atoms with Crippen LogP contribution in [0.25, 0.3) is 10.8 Å². The van der Waals surface area contributed by atoms with E-state index in [0.717, 1.165) is 16.9 Å². The van der Waals surface area contributed by atoms with Crippen molar-refractivity contribution in [3.8, 4) is 12.3 Å². The van der Waals surface area contributed by atoms with E-state index in [9.17, 15) is 0 Å². The lowest BCUT2D eigenvalue weighted by atomic mass is 10.0. The highest BCUT2D eigenvalue weighted by atomic mass is 15.1. The Kier molecular flexibility index (Phi) is 2.58. The van der Waals surface area contributed by atoms with Gasteiger partial charge in [0, 0.05) is 22.3 Å². The Balaban J connectivity index is 1.77. The molecule has 1 aliphatic rings. The summed E-state index contributed by atoms with van der Waals surface area (Å²) in [4.78, 5) is 0. The quantitative estimate of drug-likeness (QED) is 0.642. The highest BCUT2D eigenvalue weighted by molar-refractivity contribution is 6.04. The molecule has 0 saturated carbocycles. The molecule has 4 rings (SSSR count). The van der Waals surface area contributed by atoms with Crippen molar-refractivity contribution in [2.45, 2.75) is 6.17 Å². The van der Waals surface area contributed by atoms with Gasteiger partial charge in [0.05, 0.1) is 0 Å². The summed E-state index contributed by atoms with van der Waals surface area (Å²) in [6, 6.07) is 20.7. The molecule has 100 valence electrons.